The van der Waals surface area contributed by atoms with Crippen LogP contribution in [0.1, 0.15) is 23.2 Å². The van der Waals surface area contributed by atoms with Crippen LogP contribution in [0.3, 0.4) is 0 Å². The van der Waals surface area contributed by atoms with Crippen LogP contribution in [0.15, 0.2) is 48.5 Å². The average Bonchev–Trinajstić information content (AvgIpc) is 2.65. The maximum absolute atomic E-state index is 13.2. The number of nitrogens with zero attached hydrogens (tertiary/aromatic N) is 1. The number of likely N-dealkylation sites (tertiary alicyclic amines) is 1. The van der Waals surface area contributed by atoms with Gasteiger partial charge in [-0.1, -0.05) is 18.2 Å². The first-order valence-corrected chi connectivity index (χ1v) is 8.40. The third kappa shape index (κ3) is 4.36. The Labute approximate surface area is 150 Å². The number of carbonyl (C=O) groups is 2. The minimum absolute atomic E-state index is 0.0770. The molecule has 0 saturated carbocycles. The van der Waals surface area contributed by atoms with Crippen molar-refractivity contribution >= 4 is 17.6 Å². The molecule has 7 heteroatoms. The van der Waals surface area contributed by atoms with Crippen molar-refractivity contribution in [2.24, 2.45) is 0 Å². The van der Waals surface area contributed by atoms with E-state index in [0.717, 1.165) is 17.8 Å². The number of carbonyl (C=O) groups excluding carboxylic acids is 2. The van der Waals surface area contributed by atoms with E-state index in [1.165, 1.54) is 6.07 Å². The van der Waals surface area contributed by atoms with Gasteiger partial charge in [-0.2, -0.15) is 0 Å². The molecule has 0 aliphatic carbocycles. The summed E-state index contributed by atoms with van der Waals surface area (Å²) >= 11 is 0. The second-order valence-electron chi connectivity index (χ2n) is 6.16. The Hall–Kier alpha value is -2.96. The van der Waals surface area contributed by atoms with Crippen LogP contribution in [0.5, 0.6) is 0 Å². The number of hydrogen-bond donors (Lipinski definition) is 2. The molecule has 0 bridgehead atoms. The Kier molecular flexibility index (Phi) is 5.46. The second kappa shape index (κ2) is 7.95. The van der Waals surface area contributed by atoms with Gasteiger partial charge in [0.25, 0.3) is 5.91 Å². The van der Waals surface area contributed by atoms with Gasteiger partial charge >= 0.3 is 6.03 Å². The maximum Gasteiger partial charge on any atom is 0.321 e. The fourth-order valence-corrected chi connectivity index (χ4v) is 2.86. The molecule has 1 aliphatic rings. The Morgan fingerprint density at radius 3 is 2.31 bits per heavy atom. The first-order valence-electron chi connectivity index (χ1n) is 8.40. The summed E-state index contributed by atoms with van der Waals surface area (Å²) in [6.45, 7) is 1.00. The lowest BCUT2D eigenvalue weighted by atomic mass is 10.0. The van der Waals surface area contributed by atoms with Crippen LogP contribution in [-0.4, -0.2) is 36.0 Å². The number of benzene rings is 2. The molecule has 3 amide bonds. The molecule has 1 heterocycles. The first-order chi connectivity index (χ1) is 12.5. The van der Waals surface area contributed by atoms with Gasteiger partial charge in [0.15, 0.2) is 11.6 Å². The maximum atomic E-state index is 13.2. The zero-order chi connectivity index (χ0) is 18.5. The van der Waals surface area contributed by atoms with Crippen molar-refractivity contribution in [3.05, 3.63) is 65.7 Å². The lowest BCUT2D eigenvalue weighted by Crippen LogP contribution is -2.47. The number of para-hydroxylation sites is 1. The van der Waals surface area contributed by atoms with Crippen molar-refractivity contribution < 1.29 is 18.4 Å². The number of nitrogens with one attached hydrogen (secondary N) is 2. The summed E-state index contributed by atoms with van der Waals surface area (Å²) < 4.78 is 26.2. The molecule has 0 radical (unpaired) electrons. The minimum Gasteiger partial charge on any atom is -0.349 e. The second-order valence-corrected chi connectivity index (χ2v) is 6.16. The van der Waals surface area contributed by atoms with Gasteiger partial charge < -0.3 is 15.5 Å². The van der Waals surface area contributed by atoms with E-state index in [0.29, 0.717) is 25.9 Å². The predicted octanol–water partition coefficient (Wildman–Crippen LogP) is 3.39. The van der Waals surface area contributed by atoms with E-state index < -0.39 is 17.5 Å². The summed E-state index contributed by atoms with van der Waals surface area (Å²) in [4.78, 5) is 26.1. The van der Waals surface area contributed by atoms with E-state index in [1.807, 2.05) is 30.3 Å². The van der Waals surface area contributed by atoms with E-state index in [9.17, 15) is 18.4 Å². The van der Waals surface area contributed by atoms with E-state index >= 15 is 0 Å². The highest BCUT2D eigenvalue weighted by atomic mass is 19.2. The van der Waals surface area contributed by atoms with Crippen LogP contribution in [0.2, 0.25) is 0 Å². The highest BCUT2D eigenvalue weighted by molar-refractivity contribution is 5.94. The molecule has 2 aromatic carbocycles. The van der Waals surface area contributed by atoms with Crippen LogP contribution in [0, 0.1) is 11.6 Å². The molecular formula is C19H19F2N3O2. The number of halogens is 2. The molecule has 1 saturated heterocycles. The van der Waals surface area contributed by atoms with Gasteiger partial charge in [-0.15, -0.1) is 0 Å². The highest BCUT2D eigenvalue weighted by Crippen LogP contribution is 2.15. The largest absolute Gasteiger partial charge is 0.349 e. The topological polar surface area (TPSA) is 61.4 Å². The van der Waals surface area contributed by atoms with Gasteiger partial charge in [0.05, 0.1) is 0 Å². The average molecular weight is 359 g/mol. The van der Waals surface area contributed by atoms with Crippen molar-refractivity contribution in [2.75, 3.05) is 18.4 Å². The molecule has 2 N–H and O–H groups in total. The fraction of sp³-hybridized carbons (Fsp3) is 0.263. The third-order valence-corrected chi connectivity index (χ3v) is 4.32. The zero-order valence-electron chi connectivity index (χ0n) is 14.0. The van der Waals surface area contributed by atoms with Crippen LogP contribution >= 0.6 is 0 Å². The molecule has 0 spiro atoms. The quantitative estimate of drug-likeness (QED) is 0.882. The van der Waals surface area contributed by atoms with Gasteiger partial charge in [0.2, 0.25) is 0 Å². The van der Waals surface area contributed by atoms with E-state index in [4.69, 9.17) is 0 Å². The Morgan fingerprint density at radius 2 is 1.65 bits per heavy atom. The van der Waals surface area contributed by atoms with E-state index in [2.05, 4.69) is 10.6 Å². The summed E-state index contributed by atoms with van der Waals surface area (Å²) in [6.07, 6.45) is 1.19. The number of hydrogen-bond acceptors (Lipinski definition) is 2. The Morgan fingerprint density at radius 1 is 0.962 bits per heavy atom. The SMILES string of the molecule is O=C(NC1CCN(C(=O)Nc2ccccc2)CC1)c1ccc(F)c(F)c1. The smallest absolute Gasteiger partial charge is 0.321 e. The number of anilines is 1. The van der Waals surface area contributed by atoms with E-state index in [1.54, 1.807) is 4.90 Å². The van der Waals surface area contributed by atoms with Gasteiger partial charge in [-0.25, -0.2) is 13.6 Å². The monoisotopic (exact) mass is 359 g/mol. The predicted molar refractivity (Wildman–Crippen MR) is 93.9 cm³/mol. The summed E-state index contributed by atoms with van der Waals surface area (Å²) in [5.74, 6) is -2.49. The molecule has 1 fully saturated rings. The van der Waals surface area contributed by atoms with Crippen LogP contribution < -0.4 is 10.6 Å². The van der Waals surface area contributed by atoms with Gasteiger partial charge in [-0.05, 0) is 43.2 Å². The van der Waals surface area contributed by atoms with Crippen molar-refractivity contribution in [1.29, 1.82) is 0 Å². The lowest BCUT2D eigenvalue weighted by Gasteiger charge is -2.32. The van der Waals surface area contributed by atoms with Crippen LogP contribution in [0.4, 0.5) is 19.3 Å². The van der Waals surface area contributed by atoms with Crippen LogP contribution in [-0.2, 0) is 0 Å². The zero-order valence-corrected chi connectivity index (χ0v) is 14.0. The summed E-state index contributed by atoms with van der Waals surface area (Å²) in [5.41, 5.74) is 0.805. The van der Waals surface area contributed by atoms with Gasteiger partial charge in [0, 0.05) is 30.4 Å². The highest BCUT2D eigenvalue weighted by Gasteiger charge is 2.24. The van der Waals surface area contributed by atoms with Gasteiger partial charge in [-0.3, -0.25) is 4.79 Å². The molecule has 5 nitrogen and oxygen atoms in total. The standard InChI is InChI=1S/C19H19F2N3O2/c20-16-7-6-13(12-17(16)21)18(25)22-15-8-10-24(11-9-15)19(26)23-14-4-2-1-3-5-14/h1-7,12,15H,8-11H2,(H,22,25)(H,23,26). The molecule has 1 aliphatic heterocycles. The summed E-state index contributed by atoms with van der Waals surface area (Å²) in [6, 6.07) is 11.9. The summed E-state index contributed by atoms with van der Waals surface area (Å²) in [7, 11) is 0. The molecule has 2 aromatic rings. The van der Waals surface area contributed by atoms with Gasteiger partial charge in [0.1, 0.15) is 0 Å². The molecule has 0 aromatic heterocycles. The Balaban J connectivity index is 1.49. The molecular weight excluding hydrogens is 340 g/mol. The molecule has 0 atom stereocenters. The Bertz CT molecular complexity index is 791. The fourth-order valence-electron chi connectivity index (χ4n) is 2.86. The first kappa shape index (κ1) is 17.8. The molecule has 26 heavy (non-hydrogen) atoms. The van der Waals surface area contributed by atoms with Crippen molar-refractivity contribution in [3.63, 3.8) is 0 Å². The third-order valence-electron chi connectivity index (χ3n) is 4.32. The van der Waals surface area contributed by atoms with Crippen molar-refractivity contribution in [2.45, 2.75) is 18.9 Å². The summed E-state index contributed by atoms with van der Waals surface area (Å²) in [5, 5.41) is 5.63. The van der Waals surface area contributed by atoms with Crippen molar-refractivity contribution in [3.8, 4) is 0 Å². The molecule has 136 valence electrons. The normalized spacial score (nSPS) is 14.8. The number of urea groups is 1. The van der Waals surface area contributed by atoms with E-state index in [-0.39, 0.29) is 17.6 Å². The number of piperidine rings is 1. The van der Waals surface area contributed by atoms with Crippen LogP contribution in [0.25, 0.3) is 0 Å². The lowest BCUT2D eigenvalue weighted by molar-refractivity contribution is 0.0918. The number of rotatable bonds is 3. The number of amides is 3. The minimum atomic E-state index is -1.05. The molecule has 3 rings (SSSR count). The van der Waals surface area contributed by atoms with Crippen molar-refractivity contribution in [1.82, 2.24) is 10.2 Å². The molecule has 0 unspecified atom stereocenters.